The Morgan fingerprint density at radius 1 is 0.950 bits per heavy atom. The van der Waals surface area contributed by atoms with Gasteiger partial charge in [-0.25, -0.2) is 4.79 Å². The van der Waals surface area contributed by atoms with Crippen molar-refractivity contribution in [1.29, 1.82) is 0 Å². The summed E-state index contributed by atoms with van der Waals surface area (Å²) in [5.41, 5.74) is 0.349. The summed E-state index contributed by atoms with van der Waals surface area (Å²) in [6, 6.07) is 0. The molecular weight excluding hydrogens is 248 g/mol. The summed E-state index contributed by atoms with van der Waals surface area (Å²) in [5.74, 6) is 0.676. The quantitative estimate of drug-likeness (QED) is 0.514. The molecule has 2 heteroatoms. The van der Waals surface area contributed by atoms with Gasteiger partial charge < -0.3 is 4.74 Å². The average molecular weight is 278 g/mol. The normalized spacial score (nSPS) is 31.9. The molecule has 0 spiro atoms. The van der Waals surface area contributed by atoms with E-state index in [-0.39, 0.29) is 11.6 Å². The minimum Gasteiger partial charge on any atom is -0.456 e. The maximum absolute atomic E-state index is 12.0. The van der Waals surface area contributed by atoms with Gasteiger partial charge in [-0.15, -0.1) is 0 Å². The van der Waals surface area contributed by atoms with Gasteiger partial charge in [0.2, 0.25) is 0 Å². The second-order valence-electron chi connectivity index (χ2n) is 6.96. The van der Waals surface area contributed by atoms with Crippen LogP contribution < -0.4 is 0 Å². The molecule has 0 heterocycles. The molecule has 0 amide bonds. The molecule has 0 saturated heterocycles. The van der Waals surface area contributed by atoms with Crippen molar-refractivity contribution in [2.75, 3.05) is 0 Å². The van der Waals surface area contributed by atoms with Gasteiger partial charge in [0, 0.05) is 5.57 Å². The molecule has 0 N–H and O–H groups in total. The van der Waals surface area contributed by atoms with E-state index < -0.39 is 0 Å². The summed E-state index contributed by atoms with van der Waals surface area (Å²) < 4.78 is 5.96. The lowest BCUT2D eigenvalue weighted by atomic mass is 9.77. The molecule has 0 aromatic rings. The van der Waals surface area contributed by atoms with Crippen LogP contribution >= 0.6 is 0 Å². The van der Waals surface area contributed by atoms with E-state index in [0.717, 1.165) is 25.2 Å². The molecule has 0 aromatic carbocycles. The zero-order valence-corrected chi connectivity index (χ0v) is 13.1. The van der Waals surface area contributed by atoms with E-state index in [2.05, 4.69) is 6.58 Å². The van der Waals surface area contributed by atoms with Gasteiger partial charge >= 0.3 is 5.97 Å². The van der Waals surface area contributed by atoms with Gasteiger partial charge in [0.15, 0.2) is 0 Å². The number of carbonyl (C=O) groups excluding carboxylic acids is 1. The van der Waals surface area contributed by atoms with Crippen molar-refractivity contribution < 1.29 is 9.53 Å². The fourth-order valence-electron chi connectivity index (χ4n) is 3.83. The number of carbonyl (C=O) groups is 1. The highest BCUT2D eigenvalue weighted by Crippen LogP contribution is 2.39. The van der Waals surface area contributed by atoms with Gasteiger partial charge in [0.1, 0.15) is 5.60 Å². The molecule has 2 atom stereocenters. The van der Waals surface area contributed by atoms with E-state index in [0.29, 0.717) is 5.57 Å². The summed E-state index contributed by atoms with van der Waals surface area (Å²) in [7, 11) is 0. The molecule has 2 fully saturated rings. The zero-order chi connectivity index (χ0) is 14.4. The first-order valence-electron chi connectivity index (χ1n) is 8.50. The molecule has 0 radical (unpaired) electrons. The van der Waals surface area contributed by atoms with Crippen molar-refractivity contribution in [3.8, 4) is 0 Å². The predicted molar refractivity (Wildman–Crippen MR) is 82.5 cm³/mol. The first-order chi connectivity index (χ1) is 9.61. The van der Waals surface area contributed by atoms with Gasteiger partial charge in [0.05, 0.1) is 0 Å². The second-order valence-corrected chi connectivity index (χ2v) is 6.96. The lowest BCUT2D eigenvalue weighted by Crippen LogP contribution is -2.37. The first kappa shape index (κ1) is 15.6. The van der Waals surface area contributed by atoms with Crippen molar-refractivity contribution in [1.82, 2.24) is 0 Å². The molecule has 0 aromatic heterocycles. The minimum absolute atomic E-state index is 0.181. The SMILES string of the molecule is C=C(C)C(=O)OC12CCCCCCC(CCCC1)CC2. The summed E-state index contributed by atoms with van der Waals surface area (Å²) in [6.07, 6.45) is 14.9. The Morgan fingerprint density at radius 2 is 1.55 bits per heavy atom. The number of hydrogen-bond donors (Lipinski definition) is 0. The Kier molecular flexibility index (Phi) is 5.68. The van der Waals surface area contributed by atoms with Gasteiger partial charge in [0.25, 0.3) is 0 Å². The standard InChI is InChI=1S/C18H30O2/c1-15(2)17(19)20-18-12-7-4-3-5-9-16(11-14-18)10-6-8-13-18/h16H,1,3-14H2,2H3. The van der Waals surface area contributed by atoms with Crippen molar-refractivity contribution >= 4 is 5.97 Å². The van der Waals surface area contributed by atoms with Crippen LogP contribution in [0.1, 0.15) is 84.0 Å². The molecule has 2 unspecified atom stereocenters. The number of hydrogen-bond acceptors (Lipinski definition) is 2. The molecule has 2 aliphatic rings. The third-order valence-corrected chi connectivity index (χ3v) is 5.16. The Bertz CT molecular complexity index is 347. The summed E-state index contributed by atoms with van der Waals surface area (Å²) in [6.45, 7) is 5.50. The molecule has 0 aliphatic heterocycles. The summed E-state index contributed by atoms with van der Waals surface area (Å²) in [4.78, 5) is 12.0. The first-order valence-corrected chi connectivity index (χ1v) is 8.50. The molecule has 2 bridgehead atoms. The largest absolute Gasteiger partial charge is 0.456 e. The van der Waals surface area contributed by atoms with E-state index in [4.69, 9.17) is 4.74 Å². The lowest BCUT2D eigenvalue weighted by Gasteiger charge is -2.38. The fourth-order valence-corrected chi connectivity index (χ4v) is 3.83. The number of rotatable bonds is 2. The van der Waals surface area contributed by atoms with Crippen molar-refractivity contribution in [2.45, 2.75) is 89.6 Å². The van der Waals surface area contributed by atoms with E-state index in [1.54, 1.807) is 6.92 Å². The monoisotopic (exact) mass is 278 g/mol. The van der Waals surface area contributed by atoms with Crippen molar-refractivity contribution in [3.05, 3.63) is 12.2 Å². The van der Waals surface area contributed by atoms with E-state index in [1.807, 2.05) is 0 Å². The van der Waals surface area contributed by atoms with Gasteiger partial charge in [-0.1, -0.05) is 45.1 Å². The highest BCUT2D eigenvalue weighted by atomic mass is 16.6. The lowest BCUT2D eigenvalue weighted by molar-refractivity contribution is -0.158. The van der Waals surface area contributed by atoms with Gasteiger partial charge in [-0.3, -0.25) is 0 Å². The molecule has 114 valence electrons. The molecule has 2 saturated carbocycles. The van der Waals surface area contributed by atoms with E-state index >= 15 is 0 Å². The van der Waals surface area contributed by atoms with E-state index in [1.165, 1.54) is 57.8 Å². The third-order valence-electron chi connectivity index (χ3n) is 5.16. The number of fused-ring (bicyclic) bond motifs is 3. The van der Waals surface area contributed by atoms with Crippen molar-refractivity contribution in [2.24, 2.45) is 5.92 Å². The van der Waals surface area contributed by atoms with Crippen LogP contribution in [0.5, 0.6) is 0 Å². The number of esters is 1. The summed E-state index contributed by atoms with van der Waals surface area (Å²) in [5, 5.41) is 0. The highest BCUT2D eigenvalue weighted by Gasteiger charge is 2.35. The topological polar surface area (TPSA) is 26.3 Å². The number of ether oxygens (including phenoxy) is 1. The van der Waals surface area contributed by atoms with Crippen molar-refractivity contribution in [3.63, 3.8) is 0 Å². The highest BCUT2D eigenvalue weighted by molar-refractivity contribution is 5.87. The van der Waals surface area contributed by atoms with Gasteiger partial charge in [-0.05, 0) is 51.4 Å². The van der Waals surface area contributed by atoms with Crippen LogP contribution in [0.15, 0.2) is 12.2 Å². The maximum atomic E-state index is 12.0. The smallest absolute Gasteiger partial charge is 0.333 e. The molecule has 2 aliphatic carbocycles. The third kappa shape index (κ3) is 4.36. The van der Waals surface area contributed by atoms with E-state index in [9.17, 15) is 4.79 Å². The van der Waals surface area contributed by atoms with Crippen LogP contribution in [0.2, 0.25) is 0 Å². The fraction of sp³-hybridized carbons (Fsp3) is 0.833. The second kappa shape index (κ2) is 7.28. The Morgan fingerprint density at radius 3 is 2.25 bits per heavy atom. The van der Waals surface area contributed by atoms with Crippen LogP contribution in [0.3, 0.4) is 0 Å². The zero-order valence-electron chi connectivity index (χ0n) is 13.1. The van der Waals surface area contributed by atoms with Crippen LogP contribution in [-0.2, 0) is 9.53 Å². The van der Waals surface area contributed by atoms with Gasteiger partial charge in [-0.2, -0.15) is 0 Å². The average Bonchev–Trinajstić information content (AvgIpc) is 2.40. The van der Waals surface area contributed by atoms with Crippen LogP contribution in [0.4, 0.5) is 0 Å². The molecule has 2 nitrogen and oxygen atoms in total. The minimum atomic E-state index is -0.188. The summed E-state index contributed by atoms with van der Waals surface area (Å²) >= 11 is 0. The Balaban J connectivity index is 2.10. The maximum Gasteiger partial charge on any atom is 0.333 e. The molecular formula is C18H30O2. The predicted octanol–water partition coefficient (Wildman–Crippen LogP) is 5.17. The Labute approximate surface area is 124 Å². The van der Waals surface area contributed by atoms with Crippen LogP contribution in [0, 0.1) is 5.92 Å². The molecule has 2 rings (SSSR count). The van der Waals surface area contributed by atoms with Crippen LogP contribution in [-0.4, -0.2) is 11.6 Å². The molecule has 20 heavy (non-hydrogen) atoms. The Hall–Kier alpha value is -0.790. The van der Waals surface area contributed by atoms with Crippen LogP contribution in [0.25, 0.3) is 0 Å².